The molecule has 0 saturated heterocycles. The molecule has 3 aromatic carbocycles. The molecule has 0 radical (unpaired) electrons. The predicted octanol–water partition coefficient (Wildman–Crippen LogP) is 6.35. The molecule has 5 aromatic rings. The second kappa shape index (κ2) is 7.84. The number of nitrogens with zero attached hydrogens (tertiary/aromatic N) is 2. The maximum absolute atomic E-state index is 4.91. The molecule has 5 rings (SSSR count). The zero-order valence-electron chi connectivity index (χ0n) is 16.2. The summed E-state index contributed by atoms with van der Waals surface area (Å²) in [6.45, 7) is 0. The molecule has 0 aliphatic rings. The van der Waals surface area contributed by atoms with E-state index in [1.165, 1.54) is 16.3 Å². The van der Waals surface area contributed by atoms with Crippen LogP contribution in [0.15, 0.2) is 103 Å². The first kappa shape index (κ1) is 17.6. The summed E-state index contributed by atoms with van der Waals surface area (Å²) in [4.78, 5) is 9.82. The quantitative estimate of drug-likeness (QED) is 0.358. The Morgan fingerprint density at radius 3 is 1.52 bits per heavy atom. The van der Waals surface area contributed by atoms with Gasteiger partial charge in [0.1, 0.15) is 0 Å². The normalized spacial score (nSPS) is 11.3. The third-order valence-corrected chi connectivity index (χ3v) is 5.49. The van der Waals surface area contributed by atoms with E-state index >= 15 is 0 Å². The van der Waals surface area contributed by atoms with Gasteiger partial charge in [0.15, 0.2) is 0 Å². The lowest BCUT2D eigenvalue weighted by atomic mass is 9.89. The van der Waals surface area contributed by atoms with E-state index in [4.69, 9.17) is 9.97 Å². The summed E-state index contributed by atoms with van der Waals surface area (Å²) in [6.07, 6.45) is 1.78. The van der Waals surface area contributed by atoms with E-state index in [9.17, 15) is 0 Å². The van der Waals surface area contributed by atoms with Crippen molar-refractivity contribution in [3.05, 3.63) is 120 Å². The van der Waals surface area contributed by atoms with Crippen molar-refractivity contribution >= 4 is 21.8 Å². The van der Waals surface area contributed by atoms with Crippen molar-refractivity contribution in [2.24, 2.45) is 0 Å². The maximum atomic E-state index is 4.91. The minimum absolute atomic E-state index is 0.332. The largest absolute Gasteiger partial charge is 0.253 e. The summed E-state index contributed by atoms with van der Waals surface area (Å²) in [5.41, 5.74) is 5.69. The van der Waals surface area contributed by atoms with Crippen molar-refractivity contribution in [1.82, 2.24) is 9.97 Å². The van der Waals surface area contributed by atoms with Gasteiger partial charge >= 0.3 is 0 Å². The molecule has 2 heteroatoms. The first-order chi connectivity index (χ1) is 14.3. The molecular weight excluding hydrogens is 352 g/mol. The van der Waals surface area contributed by atoms with Crippen LogP contribution >= 0.6 is 0 Å². The van der Waals surface area contributed by atoms with Crippen LogP contribution in [0.25, 0.3) is 21.8 Å². The Bertz CT molecular complexity index is 1180. The van der Waals surface area contributed by atoms with Crippen LogP contribution < -0.4 is 0 Å². The summed E-state index contributed by atoms with van der Waals surface area (Å²) < 4.78 is 0. The lowest BCUT2D eigenvalue weighted by Gasteiger charge is -2.17. The van der Waals surface area contributed by atoms with Gasteiger partial charge in [-0.2, -0.15) is 0 Å². The van der Waals surface area contributed by atoms with E-state index < -0.39 is 0 Å². The van der Waals surface area contributed by atoms with E-state index in [0.29, 0.717) is 5.92 Å². The molecule has 0 spiro atoms. The number of hydrogen-bond donors (Lipinski definition) is 0. The van der Waals surface area contributed by atoms with E-state index in [0.717, 1.165) is 35.3 Å². The van der Waals surface area contributed by atoms with E-state index in [-0.39, 0.29) is 0 Å². The highest BCUT2D eigenvalue weighted by molar-refractivity contribution is 5.79. The van der Waals surface area contributed by atoms with Gasteiger partial charge in [0, 0.05) is 22.2 Å². The van der Waals surface area contributed by atoms with Crippen LogP contribution in [0.3, 0.4) is 0 Å². The zero-order chi connectivity index (χ0) is 19.5. The summed E-state index contributed by atoms with van der Waals surface area (Å²) >= 11 is 0. The highest BCUT2D eigenvalue weighted by atomic mass is 14.7. The van der Waals surface area contributed by atoms with Crippen LogP contribution in [0, 0.1) is 0 Å². The Balaban J connectivity index is 1.48. The van der Waals surface area contributed by atoms with Gasteiger partial charge < -0.3 is 0 Å². The van der Waals surface area contributed by atoms with Crippen LogP contribution in [0.5, 0.6) is 0 Å². The highest BCUT2D eigenvalue weighted by Gasteiger charge is 2.15. The number of rotatable bonds is 5. The smallest absolute Gasteiger partial charge is 0.0705 e. The molecule has 0 aliphatic carbocycles. The average Bonchev–Trinajstić information content (AvgIpc) is 2.79. The van der Waals surface area contributed by atoms with Crippen LogP contribution in [0.2, 0.25) is 0 Å². The fraction of sp³-hybridized carbons (Fsp3) is 0.111. The summed E-state index contributed by atoms with van der Waals surface area (Å²) in [5.74, 6) is 0.332. The molecule has 140 valence electrons. The van der Waals surface area contributed by atoms with Gasteiger partial charge in [-0.3, -0.25) is 9.97 Å². The Morgan fingerprint density at radius 2 is 0.966 bits per heavy atom. The molecule has 0 fully saturated rings. The SMILES string of the molecule is c1ccc(C(Cc2ccc3ccccc3n2)Cc2ccc3ccccc3n2)cc1. The molecule has 0 N–H and O–H groups in total. The second-order valence-corrected chi connectivity index (χ2v) is 7.51. The monoisotopic (exact) mass is 374 g/mol. The molecule has 0 saturated carbocycles. The molecule has 2 nitrogen and oxygen atoms in total. The fourth-order valence-corrected chi connectivity index (χ4v) is 3.98. The molecule has 0 atom stereocenters. The van der Waals surface area contributed by atoms with Crippen LogP contribution in [0.4, 0.5) is 0 Å². The van der Waals surface area contributed by atoms with Crippen molar-refractivity contribution in [2.45, 2.75) is 18.8 Å². The topological polar surface area (TPSA) is 25.8 Å². The molecule has 0 aliphatic heterocycles. The lowest BCUT2D eigenvalue weighted by molar-refractivity contribution is 0.660. The van der Waals surface area contributed by atoms with Gasteiger partial charge in [-0.1, -0.05) is 78.9 Å². The Kier molecular flexibility index (Phi) is 4.75. The second-order valence-electron chi connectivity index (χ2n) is 7.51. The molecule has 0 amide bonds. The third kappa shape index (κ3) is 3.88. The van der Waals surface area contributed by atoms with E-state index in [1.54, 1.807) is 0 Å². The van der Waals surface area contributed by atoms with Crippen LogP contribution in [0.1, 0.15) is 22.9 Å². The third-order valence-electron chi connectivity index (χ3n) is 5.49. The Hall–Kier alpha value is -3.52. The van der Waals surface area contributed by atoms with Crippen molar-refractivity contribution in [3.8, 4) is 0 Å². The predicted molar refractivity (Wildman–Crippen MR) is 120 cm³/mol. The number of para-hydroxylation sites is 2. The lowest BCUT2D eigenvalue weighted by Crippen LogP contribution is -2.09. The molecule has 2 aromatic heterocycles. The van der Waals surface area contributed by atoms with Crippen LogP contribution in [-0.2, 0) is 12.8 Å². The van der Waals surface area contributed by atoms with Crippen molar-refractivity contribution < 1.29 is 0 Å². The van der Waals surface area contributed by atoms with Crippen LogP contribution in [-0.4, -0.2) is 9.97 Å². The van der Waals surface area contributed by atoms with Gasteiger partial charge in [-0.15, -0.1) is 0 Å². The average molecular weight is 374 g/mol. The molecule has 29 heavy (non-hydrogen) atoms. The summed E-state index contributed by atoms with van der Waals surface area (Å²) in [5, 5.41) is 2.37. The molecular formula is C27H22N2. The zero-order valence-corrected chi connectivity index (χ0v) is 16.2. The summed E-state index contributed by atoms with van der Waals surface area (Å²) in [6, 6.07) is 36.0. The molecule has 2 heterocycles. The molecule has 0 unspecified atom stereocenters. The maximum Gasteiger partial charge on any atom is 0.0705 e. The first-order valence-corrected chi connectivity index (χ1v) is 10.1. The number of fused-ring (bicyclic) bond motifs is 2. The number of aromatic nitrogens is 2. The standard InChI is InChI=1S/C27H22N2/c1-2-8-20(9-3-1)23(18-24-16-14-21-10-4-6-12-26(21)28-24)19-25-17-15-22-11-5-7-13-27(22)29-25/h1-17,23H,18-19H2. The Morgan fingerprint density at radius 1 is 0.483 bits per heavy atom. The fourth-order valence-electron chi connectivity index (χ4n) is 3.98. The van der Waals surface area contributed by atoms with Crippen molar-refractivity contribution in [3.63, 3.8) is 0 Å². The number of benzene rings is 3. The van der Waals surface area contributed by atoms with Gasteiger partial charge in [-0.05, 0) is 48.6 Å². The minimum atomic E-state index is 0.332. The van der Waals surface area contributed by atoms with E-state index in [2.05, 4.69) is 91.0 Å². The first-order valence-electron chi connectivity index (χ1n) is 10.1. The summed E-state index contributed by atoms with van der Waals surface area (Å²) in [7, 11) is 0. The number of hydrogen-bond acceptors (Lipinski definition) is 2. The molecule has 0 bridgehead atoms. The number of pyridine rings is 2. The van der Waals surface area contributed by atoms with Crippen molar-refractivity contribution in [1.29, 1.82) is 0 Å². The van der Waals surface area contributed by atoms with Gasteiger partial charge in [0.05, 0.1) is 11.0 Å². The van der Waals surface area contributed by atoms with E-state index in [1.807, 2.05) is 12.1 Å². The Labute approximate surface area is 170 Å². The van der Waals surface area contributed by atoms with Gasteiger partial charge in [0.2, 0.25) is 0 Å². The van der Waals surface area contributed by atoms with Gasteiger partial charge in [0.25, 0.3) is 0 Å². The van der Waals surface area contributed by atoms with Crippen molar-refractivity contribution in [2.75, 3.05) is 0 Å². The minimum Gasteiger partial charge on any atom is -0.253 e. The highest BCUT2D eigenvalue weighted by Crippen LogP contribution is 2.26. The van der Waals surface area contributed by atoms with Gasteiger partial charge in [-0.25, -0.2) is 0 Å².